The molecule has 0 aliphatic rings. The Morgan fingerprint density at radius 3 is 2.48 bits per heavy atom. The van der Waals surface area contributed by atoms with Gasteiger partial charge in [-0.05, 0) is 19.3 Å². The Kier molecular flexibility index (Phi) is 11.8. The van der Waals surface area contributed by atoms with Crippen LogP contribution in [-0.4, -0.2) is 37.8 Å². The minimum Gasteiger partial charge on any atom is -0.381 e. The number of aliphatic imine (C=N–C) groups is 1. The summed E-state index contributed by atoms with van der Waals surface area (Å²) in [6.45, 7) is 9.55. The van der Waals surface area contributed by atoms with Crippen LogP contribution < -0.4 is 5.32 Å². The molecule has 0 aliphatic heterocycles. The van der Waals surface area contributed by atoms with E-state index in [1.165, 1.54) is 0 Å². The van der Waals surface area contributed by atoms with Crippen molar-refractivity contribution in [3.63, 3.8) is 0 Å². The fourth-order valence-electron chi connectivity index (χ4n) is 1.53. The molecule has 122 valence electrons. The molecular formula is C16H30N2O3. The van der Waals surface area contributed by atoms with Gasteiger partial charge in [0.05, 0.1) is 6.61 Å². The molecule has 1 N–H and O–H groups in total. The van der Waals surface area contributed by atoms with E-state index >= 15 is 0 Å². The summed E-state index contributed by atoms with van der Waals surface area (Å²) in [5, 5.41) is 2.86. The van der Waals surface area contributed by atoms with Crippen molar-refractivity contribution in [3.8, 4) is 0 Å². The maximum absolute atomic E-state index is 11.6. The van der Waals surface area contributed by atoms with Crippen molar-refractivity contribution in [2.45, 2.75) is 53.4 Å². The Balaban J connectivity index is 4.01. The van der Waals surface area contributed by atoms with E-state index in [2.05, 4.69) is 10.3 Å². The van der Waals surface area contributed by atoms with Crippen LogP contribution in [0.2, 0.25) is 0 Å². The predicted molar refractivity (Wildman–Crippen MR) is 85.5 cm³/mol. The van der Waals surface area contributed by atoms with Crippen LogP contribution >= 0.6 is 0 Å². The average molecular weight is 298 g/mol. The minimum atomic E-state index is -0.0877. The zero-order valence-corrected chi connectivity index (χ0v) is 13.9. The second kappa shape index (κ2) is 12.5. The van der Waals surface area contributed by atoms with Gasteiger partial charge in [0.15, 0.2) is 0 Å². The second-order valence-corrected chi connectivity index (χ2v) is 5.26. The molecule has 2 atom stereocenters. The first-order chi connectivity index (χ1) is 10.0. The molecule has 0 saturated carbocycles. The highest BCUT2D eigenvalue weighted by atomic mass is 16.5. The molecule has 0 aromatic heterocycles. The number of ether oxygens (including phenoxy) is 1. The van der Waals surface area contributed by atoms with Crippen LogP contribution in [0.1, 0.15) is 53.4 Å². The summed E-state index contributed by atoms with van der Waals surface area (Å²) in [5.41, 5.74) is 0. The van der Waals surface area contributed by atoms with Gasteiger partial charge in [0.2, 0.25) is 11.8 Å². The van der Waals surface area contributed by atoms with Crippen LogP contribution in [0.4, 0.5) is 0 Å². The van der Waals surface area contributed by atoms with Crippen LogP contribution in [0.3, 0.4) is 0 Å². The topological polar surface area (TPSA) is 67.8 Å². The molecule has 0 aromatic rings. The number of nitrogens with zero attached hydrogens (tertiary/aromatic N) is 1. The molecule has 0 radical (unpaired) electrons. The standard InChI is InChI=1S/C16H30N2O3/c1-5-9-21-10-8-15(19)17-11-14(7-3)12-18-16(20)13(4)6-2/h12-14H,5-11H2,1-4H3,(H,17,19). The minimum absolute atomic E-state index is 0.0220. The molecule has 0 heterocycles. The Morgan fingerprint density at radius 1 is 1.19 bits per heavy atom. The van der Waals surface area contributed by atoms with Gasteiger partial charge in [-0.3, -0.25) is 9.59 Å². The van der Waals surface area contributed by atoms with Gasteiger partial charge in [-0.25, -0.2) is 4.99 Å². The quantitative estimate of drug-likeness (QED) is 0.471. The van der Waals surface area contributed by atoms with Gasteiger partial charge < -0.3 is 10.1 Å². The third-order valence-corrected chi connectivity index (χ3v) is 3.35. The van der Waals surface area contributed by atoms with Gasteiger partial charge in [0, 0.05) is 37.6 Å². The van der Waals surface area contributed by atoms with Gasteiger partial charge in [-0.2, -0.15) is 0 Å². The summed E-state index contributed by atoms with van der Waals surface area (Å²) < 4.78 is 5.27. The molecule has 21 heavy (non-hydrogen) atoms. The lowest BCUT2D eigenvalue weighted by atomic mass is 10.1. The highest BCUT2D eigenvalue weighted by molar-refractivity contribution is 5.87. The molecule has 5 heteroatoms. The monoisotopic (exact) mass is 298 g/mol. The van der Waals surface area contributed by atoms with Crippen LogP contribution in [-0.2, 0) is 14.3 Å². The van der Waals surface area contributed by atoms with E-state index in [9.17, 15) is 9.59 Å². The van der Waals surface area contributed by atoms with Crippen molar-refractivity contribution in [3.05, 3.63) is 0 Å². The smallest absolute Gasteiger partial charge is 0.248 e. The van der Waals surface area contributed by atoms with Crippen molar-refractivity contribution in [1.29, 1.82) is 0 Å². The third-order valence-electron chi connectivity index (χ3n) is 3.35. The van der Waals surface area contributed by atoms with Gasteiger partial charge in [0.1, 0.15) is 0 Å². The van der Waals surface area contributed by atoms with Gasteiger partial charge in [-0.15, -0.1) is 0 Å². The lowest BCUT2D eigenvalue weighted by Gasteiger charge is -2.11. The van der Waals surface area contributed by atoms with E-state index in [-0.39, 0.29) is 23.7 Å². The fourth-order valence-corrected chi connectivity index (χ4v) is 1.53. The number of carbonyl (C=O) groups excluding carboxylic acids is 2. The van der Waals surface area contributed by atoms with E-state index in [0.29, 0.717) is 26.2 Å². The fraction of sp³-hybridized carbons (Fsp3) is 0.812. The predicted octanol–water partition coefficient (Wildman–Crippen LogP) is 2.59. The number of nitrogens with one attached hydrogen (secondary N) is 1. The van der Waals surface area contributed by atoms with Crippen molar-refractivity contribution in [1.82, 2.24) is 5.32 Å². The molecule has 5 nitrogen and oxygen atoms in total. The van der Waals surface area contributed by atoms with Crippen LogP contribution in [0.15, 0.2) is 4.99 Å². The van der Waals surface area contributed by atoms with Gasteiger partial charge in [0.25, 0.3) is 0 Å². The van der Waals surface area contributed by atoms with Crippen molar-refractivity contribution in [2.24, 2.45) is 16.8 Å². The maximum atomic E-state index is 11.6. The molecule has 2 unspecified atom stereocenters. The second-order valence-electron chi connectivity index (χ2n) is 5.26. The van der Waals surface area contributed by atoms with Crippen molar-refractivity contribution in [2.75, 3.05) is 19.8 Å². The first-order valence-corrected chi connectivity index (χ1v) is 7.97. The molecule has 0 fully saturated rings. The SMILES string of the molecule is CCCOCCC(=O)NCC(C=NC(=O)C(C)CC)CC. The third kappa shape index (κ3) is 10.2. The lowest BCUT2D eigenvalue weighted by Crippen LogP contribution is -2.30. The van der Waals surface area contributed by atoms with Crippen LogP contribution in [0, 0.1) is 11.8 Å². The van der Waals surface area contributed by atoms with E-state index in [1.54, 1.807) is 6.21 Å². The number of hydrogen-bond donors (Lipinski definition) is 1. The van der Waals surface area contributed by atoms with Gasteiger partial charge in [-0.1, -0.05) is 27.7 Å². The molecule has 0 rings (SSSR count). The Labute approximate surface area is 128 Å². The summed E-state index contributed by atoms with van der Waals surface area (Å²) in [5.74, 6) is -0.0518. The van der Waals surface area contributed by atoms with Crippen LogP contribution in [0.25, 0.3) is 0 Å². The normalized spacial score (nSPS) is 14.1. The summed E-state index contributed by atoms with van der Waals surface area (Å²) in [7, 11) is 0. The molecule has 0 spiro atoms. The molecule has 0 bridgehead atoms. The van der Waals surface area contributed by atoms with Gasteiger partial charge >= 0.3 is 0 Å². The first kappa shape index (κ1) is 19.8. The maximum Gasteiger partial charge on any atom is 0.248 e. The zero-order valence-electron chi connectivity index (χ0n) is 13.9. The van der Waals surface area contributed by atoms with E-state index in [0.717, 1.165) is 19.3 Å². The molecule has 0 aromatic carbocycles. The zero-order chi connectivity index (χ0) is 16.1. The summed E-state index contributed by atoms with van der Waals surface area (Å²) >= 11 is 0. The molecule has 2 amide bonds. The Morgan fingerprint density at radius 2 is 1.90 bits per heavy atom. The van der Waals surface area contributed by atoms with E-state index in [1.807, 2.05) is 27.7 Å². The van der Waals surface area contributed by atoms with Crippen LogP contribution in [0.5, 0.6) is 0 Å². The average Bonchev–Trinajstić information content (AvgIpc) is 2.50. The number of rotatable bonds is 11. The summed E-state index contributed by atoms with van der Waals surface area (Å²) in [6, 6.07) is 0. The highest BCUT2D eigenvalue weighted by Crippen LogP contribution is 2.04. The molecule has 0 saturated heterocycles. The summed E-state index contributed by atoms with van der Waals surface area (Å²) in [6.07, 6.45) is 4.63. The largest absolute Gasteiger partial charge is 0.381 e. The van der Waals surface area contributed by atoms with E-state index < -0.39 is 0 Å². The van der Waals surface area contributed by atoms with Crippen molar-refractivity contribution >= 4 is 18.0 Å². The Hall–Kier alpha value is -1.23. The highest BCUT2D eigenvalue weighted by Gasteiger charge is 2.10. The lowest BCUT2D eigenvalue weighted by molar-refractivity contribution is -0.122. The number of amides is 2. The first-order valence-electron chi connectivity index (χ1n) is 7.97. The molecular weight excluding hydrogens is 268 g/mol. The summed E-state index contributed by atoms with van der Waals surface area (Å²) in [4.78, 5) is 27.2. The number of carbonyl (C=O) groups is 2. The van der Waals surface area contributed by atoms with E-state index in [4.69, 9.17) is 4.74 Å². The van der Waals surface area contributed by atoms with Crippen molar-refractivity contribution < 1.29 is 14.3 Å². The Bertz CT molecular complexity index is 329. The molecule has 0 aliphatic carbocycles. The number of hydrogen-bond acceptors (Lipinski definition) is 3.